The molecule has 1 aromatic heterocycles. The molecule has 5 heteroatoms. The molecular formula is C14H15Cl2NO2. The summed E-state index contributed by atoms with van der Waals surface area (Å²) in [7, 11) is 3.13. The lowest BCUT2D eigenvalue weighted by molar-refractivity contribution is 0.410. The van der Waals surface area contributed by atoms with E-state index < -0.39 is 0 Å². The van der Waals surface area contributed by atoms with Crippen molar-refractivity contribution in [1.82, 2.24) is 4.98 Å². The van der Waals surface area contributed by atoms with Crippen LogP contribution in [0, 0.1) is 0 Å². The van der Waals surface area contributed by atoms with Gasteiger partial charge in [-0.15, -0.1) is 0 Å². The van der Waals surface area contributed by atoms with Crippen LogP contribution in [0.1, 0.15) is 25.5 Å². The first-order valence-corrected chi connectivity index (χ1v) is 6.65. The van der Waals surface area contributed by atoms with Gasteiger partial charge in [-0.25, -0.2) is 4.98 Å². The lowest BCUT2D eigenvalue weighted by Gasteiger charge is -2.14. The minimum Gasteiger partial charge on any atom is -0.494 e. The van der Waals surface area contributed by atoms with Crippen molar-refractivity contribution >= 4 is 34.1 Å². The SMILES string of the molecule is COc1cc(Cl)c(OC)c2c(Cl)cc(C(C)C)nc12. The van der Waals surface area contributed by atoms with Gasteiger partial charge in [0.25, 0.3) is 0 Å². The lowest BCUT2D eigenvalue weighted by atomic mass is 10.1. The number of methoxy groups -OCH3 is 2. The maximum atomic E-state index is 6.36. The fraction of sp³-hybridized carbons (Fsp3) is 0.357. The average molecular weight is 300 g/mol. The molecule has 0 bridgehead atoms. The van der Waals surface area contributed by atoms with Crippen LogP contribution in [0.4, 0.5) is 0 Å². The van der Waals surface area contributed by atoms with Crippen molar-refractivity contribution in [3.05, 3.63) is 27.9 Å². The zero-order valence-electron chi connectivity index (χ0n) is 11.3. The molecule has 1 heterocycles. The zero-order valence-corrected chi connectivity index (χ0v) is 12.8. The van der Waals surface area contributed by atoms with Gasteiger partial charge in [0.15, 0.2) is 0 Å². The topological polar surface area (TPSA) is 31.4 Å². The third-order valence-corrected chi connectivity index (χ3v) is 3.52. The number of hydrogen-bond donors (Lipinski definition) is 0. The van der Waals surface area contributed by atoms with Crippen LogP contribution in [-0.4, -0.2) is 19.2 Å². The average Bonchev–Trinajstić information content (AvgIpc) is 2.38. The van der Waals surface area contributed by atoms with Crippen molar-refractivity contribution in [3.8, 4) is 11.5 Å². The molecule has 0 saturated carbocycles. The van der Waals surface area contributed by atoms with Crippen molar-refractivity contribution in [2.75, 3.05) is 14.2 Å². The van der Waals surface area contributed by atoms with E-state index in [1.807, 2.05) is 6.07 Å². The third-order valence-electron chi connectivity index (χ3n) is 2.94. The Hall–Kier alpha value is -1.19. The molecule has 3 nitrogen and oxygen atoms in total. The van der Waals surface area contributed by atoms with Crippen molar-refractivity contribution in [3.63, 3.8) is 0 Å². The van der Waals surface area contributed by atoms with E-state index >= 15 is 0 Å². The lowest BCUT2D eigenvalue weighted by Crippen LogP contribution is -1.98. The maximum absolute atomic E-state index is 6.36. The Morgan fingerprint density at radius 3 is 2.26 bits per heavy atom. The summed E-state index contributed by atoms with van der Waals surface area (Å²) in [5.41, 5.74) is 1.57. The van der Waals surface area contributed by atoms with Gasteiger partial charge in [0.1, 0.15) is 17.0 Å². The number of nitrogens with zero attached hydrogens (tertiary/aromatic N) is 1. The van der Waals surface area contributed by atoms with Crippen LogP contribution in [0.15, 0.2) is 12.1 Å². The zero-order chi connectivity index (χ0) is 14.2. The molecule has 0 unspecified atom stereocenters. The van der Waals surface area contributed by atoms with Crippen molar-refractivity contribution in [2.24, 2.45) is 0 Å². The van der Waals surface area contributed by atoms with Gasteiger partial charge in [-0.3, -0.25) is 0 Å². The van der Waals surface area contributed by atoms with Crippen molar-refractivity contribution < 1.29 is 9.47 Å². The van der Waals surface area contributed by atoms with E-state index in [4.69, 9.17) is 32.7 Å². The Labute approximate surface area is 122 Å². The Bertz CT molecular complexity index is 627. The molecule has 0 aliphatic carbocycles. The molecule has 0 atom stereocenters. The molecule has 0 saturated heterocycles. The van der Waals surface area contributed by atoms with Crippen LogP contribution < -0.4 is 9.47 Å². The van der Waals surface area contributed by atoms with Crippen molar-refractivity contribution in [1.29, 1.82) is 0 Å². The monoisotopic (exact) mass is 299 g/mol. The van der Waals surface area contributed by atoms with Gasteiger partial charge in [0.05, 0.1) is 29.7 Å². The summed E-state index contributed by atoms with van der Waals surface area (Å²) in [5.74, 6) is 1.38. The Morgan fingerprint density at radius 2 is 1.74 bits per heavy atom. The molecule has 2 rings (SSSR count). The fourth-order valence-corrected chi connectivity index (χ4v) is 2.50. The number of aromatic nitrogens is 1. The van der Waals surface area contributed by atoms with Crippen LogP contribution in [0.25, 0.3) is 10.9 Å². The minimum atomic E-state index is 0.272. The number of halogens is 2. The third kappa shape index (κ3) is 2.45. The highest BCUT2D eigenvalue weighted by atomic mass is 35.5. The van der Waals surface area contributed by atoms with E-state index in [0.717, 1.165) is 5.69 Å². The molecule has 0 radical (unpaired) electrons. The highest BCUT2D eigenvalue weighted by Crippen LogP contribution is 2.42. The summed E-state index contributed by atoms with van der Waals surface area (Å²) >= 11 is 12.5. The van der Waals surface area contributed by atoms with E-state index in [2.05, 4.69) is 18.8 Å². The van der Waals surface area contributed by atoms with Gasteiger partial charge < -0.3 is 9.47 Å². The molecule has 0 aliphatic heterocycles. The number of rotatable bonds is 3. The second-order valence-electron chi connectivity index (χ2n) is 4.50. The van der Waals surface area contributed by atoms with Crippen LogP contribution >= 0.6 is 23.2 Å². The first-order valence-electron chi connectivity index (χ1n) is 5.90. The van der Waals surface area contributed by atoms with E-state index in [1.165, 1.54) is 0 Å². The molecule has 0 aliphatic rings. The van der Waals surface area contributed by atoms with Crippen LogP contribution in [-0.2, 0) is 0 Å². The molecule has 102 valence electrons. The summed E-state index contributed by atoms with van der Waals surface area (Å²) < 4.78 is 10.7. The van der Waals surface area contributed by atoms with Gasteiger partial charge in [0, 0.05) is 11.8 Å². The molecule has 0 N–H and O–H groups in total. The van der Waals surface area contributed by atoms with Gasteiger partial charge >= 0.3 is 0 Å². The number of hydrogen-bond acceptors (Lipinski definition) is 3. The van der Waals surface area contributed by atoms with Crippen LogP contribution in [0.3, 0.4) is 0 Å². The maximum Gasteiger partial charge on any atom is 0.148 e. The van der Waals surface area contributed by atoms with Crippen molar-refractivity contribution in [2.45, 2.75) is 19.8 Å². The van der Waals surface area contributed by atoms with E-state index in [-0.39, 0.29) is 5.92 Å². The Balaban J connectivity index is 2.91. The summed E-state index contributed by atoms with van der Waals surface area (Å²) in [6.07, 6.45) is 0. The second-order valence-corrected chi connectivity index (χ2v) is 5.32. The predicted molar refractivity (Wildman–Crippen MR) is 79.0 cm³/mol. The summed E-state index contributed by atoms with van der Waals surface area (Å²) in [5, 5.41) is 1.69. The van der Waals surface area contributed by atoms with Gasteiger partial charge in [-0.2, -0.15) is 0 Å². The Kier molecular flexibility index (Phi) is 4.07. The largest absolute Gasteiger partial charge is 0.494 e. The molecule has 2 aromatic rings. The van der Waals surface area contributed by atoms with Crippen LogP contribution in [0.2, 0.25) is 10.0 Å². The van der Waals surface area contributed by atoms with Gasteiger partial charge in [-0.05, 0) is 12.0 Å². The number of benzene rings is 1. The summed E-state index contributed by atoms with van der Waals surface area (Å²) in [6, 6.07) is 3.53. The summed E-state index contributed by atoms with van der Waals surface area (Å²) in [6.45, 7) is 4.12. The van der Waals surface area contributed by atoms with Gasteiger partial charge in [0.2, 0.25) is 0 Å². The number of ether oxygens (including phenoxy) is 2. The number of fused-ring (bicyclic) bond motifs is 1. The highest BCUT2D eigenvalue weighted by Gasteiger charge is 2.18. The molecule has 0 spiro atoms. The fourth-order valence-electron chi connectivity index (χ4n) is 1.95. The normalized spacial score (nSPS) is 11.1. The van der Waals surface area contributed by atoms with E-state index in [1.54, 1.807) is 20.3 Å². The molecule has 1 aromatic carbocycles. The highest BCUT2D eigenvalue weighted by molar-refractivity contribution is 6.38. The first-order chi connectivity index (χ1) is 8.99. The quantitative estimate of drug-likeness (QED) is 0.824. The molecular weight excluding hydrogens is 285 g/mol. The second kappa shape index (κ2) is 5.43. The minimum absolute atomic E-state index is 0.272. The first kappa shape index (κ1) is 14.2. The number of pyridine rings is 1. The molecule has 0 amide bonds. The van der Waals surface area contributed by atoms with Crippen LogP contribution in [0.5, 0.6) is 11.5 Å². The van der Waals surface area contributed by atoms with Gasteiger partial charge in [-0.1, -0.05) is 37.0 Å². The Morgan fingerprint density at radius 1 is 1.05 bits per heavy atom. The molecule has 19 heavy (non-hydrogen) atoms. The predicted octanol–water partition coefficient (Wildman–Crippen LogP) is 4.68. The van der Waals surface area contributed by atoms with E-state index in [0.29, 0.717) is 32.4 Å². The standard InChI is InChI=1S/C14H15Cl2NO2/c1-7(2)10-5-8(15)12-13(17-10)11(18-3)6-9(16)14(12)19-4/h5-7H,1-4H3. The molecule has 0 fully saturated rings. The summed E-state index contributed by atoms with van der Waals surface area (Å²) in [4.78, 5) is 4.61. The van der Waals surface area contributed by atoms with E-state index in [9.17, 15) is 0 Å². The smallest absolute Gasteiger partial charge is 0.148 e.